The molecular weight excluding hydrogens is 296 g/mol. The van der Waals surface area contributed by atoms with Gasteiger partial charge in [-0.3, -0.25) is 0 Å². The molecule has 1 fully saturated rings. The summed E-state index contributed by atoms with van der Waals surface area (Å²) < 4.78 is 5.23. The van der Waals surface area contributed by atoms with E-state index in [1.165, 1.54) is 49.4 Å². The van der Waals surface area contributed by atoms with Crippen LogP contribution in [0.25, 0.3) is 0 Å². The highest BCUT2D eigenvalue weighted by atomic mass is 16.5. The number of piperazine rings is 1. The Morgan fingerprint density at radius 1 is 0.708 bits per heavy atom. The van der Waals surface area contributed by atoms with E-state index in [4.69, 9.17) is 4.74 Å². The molecule has 0 spiro atoms. The summed E-state index contributed by atoms with van der Waals surface area (Å²) in [4.78, 5) is 3.42. The molecule has 1 aliphatic heterocycles. The minimum absolute atomic E-state index is 0.942. The predicted octanol–water partition coefficient (Wildman–Crippen LogP) is 0.741. The van der Waals surface area contributed by atoms with E-state index >= 15 is 0 Å². The first-order valence-corrected chi connectivity index (χ1v) is 9.14. The molecular formula is C21H30N2O+2. The van der Waals surface area contributed by atoms with Gasteiger partial charge in [-0.05, 0) is 36.2 Å². The third-order valence-electron chi connectivity index (χ3n) is 5.16. The number of aryl methyl sites for hydroxylation is 1. The Balaban J connectivity index is 1.46. The van der Waals surface area contributed by atoms with Crippen molar-refractivity contribution in [2.75, 3.05) is 33.3 Å². The lowest BCUT2D eigenvalue weighted by atomic mass is 10.1. The van der Waals surface area contributed by atoms with E-state index < -0.39 is 0 Å². The molecule has 0 unspecified atom stereocenters. The maximum Gasteiger partial charge on any atom is 0.127 e. The minimum atomic E-state index is 0.942. The summed E-state index contributed by atoms with van der Waals surface area (Å²) in [5.74, 6) is 0.942. The topological polar surface area (TPSA) is 18.1 Å². The summed E-state index contributed by atoms with van der Waals surface area (Å²) in [6.07, 6.45) is 1.13. The van der Waals surface area contributed by atoms with Crippen LogP contribution in [-0.4, -0.2) is 33.3 Å². The normalized spacial score (nSPS) is 20.8. The van der Waals surface area contributed by atoms with E-state index in [-0.39, 0.29) is 0 Å². The fraction of sp³-hybridized carbons (Fsp3) is 0.429. The summed E-state index contributed by atoms with van der Waals surface area (Å²) in [5.41, 5.74) is 4.31. The van der Waals surface area contributed by atoms with E-state index in [1.54, 1.807) is 16.9 Å². The number of nitrogens with one attached hydrogen (secondary N) is 2. The third kappa shape index (κ3) is 4.59. The van der Waals surface area contributed by atoms with Gasteiger partial charge in [-0.2, -0.15) is 0 Å². The van der Waals surface area contributed by atoms with Gasteiger partial charge in [0, 0.05) is 11.1 Å². The van der Waals surface area contributed by atoms with Crippen molar-refractivity contribution in [3.8, 4) is 5.75 Å². The molecule has 3 nitrogen and oxygen atoms in total. The Kier molecular flexibility index (Phi) is 5.89. The molecule has 3 rings (SSSR count). The summed E-state index contributed by atoms with van der Waals surface area (Å²) in [6.45, 7) is 9.55. The van der Waals surface area contributed by atoms with Crippen LogP contribution in [0.5, 0.6) is 5.75 Å². The fourth-order valence-corrected chi connectivity index (χ4v) is 3.52. The van der Waals surface area contributed by atoms with E-state index in [2.05, 4.69) is 55.5 Å². The Morgan fingerprint density at radius 3 is 1.54 bits per heavy atom. The summed E-state index contributed by atoms with van der Waals surface area (Å²) in [5, 5.41) is 0. The lowest BCUT2D eigenvalue weighted by Crippen LogP contribution is -3.27. The smallest absolute Gasteiger partial charge is 0.127 e. The molecule has 1 aliphatic rings. The van der Waals surface area contributed by atoms with Crippen molar-refractivity contribution < 1.29 is 14.5 Å². The number of rotatable bonds is 6. The lowest BCUT2D eigenvalue weighted by molar-refractivity contribution is -1.02. The van der Waals surface area contributed by atoms with Crippen molar-refractivity contribution in [3.05, 3.63) is 65.2 Å². The number of methoxy groups -OCH3 is 1. The second-order valence-electron chi connectivity index (χ2n) is 6.87. The maximum atomic E-state index is 5.23. The number of benzene rings is 2. The molecule has 3 heteroatoms. The Morgan fingerprint density at radius 2 is 1.12 bits per heavy atom. The molecule has 0 radical (unpaired) electrons. The van der Waals surface area contributed by atoms with Crippen molar-refractivity contribution in [3.63, 3.8) is 0 Å². The van der Waals surface area contributed by atoms with Crippen LogP contribution in [0.2, 0.25) is 0 Å². The van der Waals surface area contributed by atoms with Gasteiger partial charge in [-0.15, -0.1) is 0 Å². The van der Waals surface area contributed by atoms with Crippen molar-refractivity contribution >= 4 is 0 Å². The molecule has 2 aromatic rings. The fourth-order valence-electron chi connectivity index (χ4n) is 3.52. The Bertz CT molecular complexity index is 556. The second kappa shape index (κ2) is 8.32. The minimum Gasteiger partial charge on any atom is -0.497 e. The Labute approximate surface area is 145 Å². The van der Waals surface area contributed by atoms with Gasteiger partial charge in [-0.25, -0.2) is 0 Å². The van der Waals surface area contributed by atoms with E-state index in [9.17, 15) is 0 Å². The molecule has 0 aromatic heterocycles. The third-order valence-corrected chi connectivity index (χ3v) is 5.16. The molecule has 0 bridgehead atoms. The van der Waals surface area contributed by atoms with Crippen LogP contribution in [0.15, 0.2) is 48.5 Å². The zero-order valence-corrected chi connectivity index (χ0v) is 15.0. The van der Waals surface area contributed by atoms with Crippen molar-refractivity contribution in [1.29, 1.82) is 0 Å². The molecule has 0 atom stereocenters. The van der Waals surface area contributed by atoms with Gasteiger partial charge in [0.15, 0.2) is 0 Å². The van der Waals surface area contributed by atoms with Crippen LogP contribution in [0.3, 0.4) is 0 Å². The zero-order valence-electron chi connectivity index (χ0n) is 15.0. The number of hydrogen-bond donors (Lipinski definition) is 2. The zero-order chi connectivity index (χ0) is 16.8. The van der Waals surface area contributed by atoms with Gasteiger partial charge in [0.05, 0.1) is 7.11 Å². The number of quaternary nitrogens is 2. The van der Waals surface area contributed by atoms with E-state index in [0.29, 0.717) is 0 Å². The van der Waals surface area contributed by atoms with E-state index in [0.717, 1.165) is 18.7 Å². The monoisotopic (exact) mass is 326 g/mol. The first-order chi connectivity index (χ1) is 11.8. The summed E-state index contributed by atoms with van der Waals surface area (Å²) in [6, 6.07) is 17.7. The largest absolute Gasteiger partial charge is 0.497 e. The molecule has 128 valence electrons. The number of hydrogen-bond acceptors (Lipinski definition) is 1. The average Bonchev–Trinajstić information content (AvgIpc) is 2.65. The quantitative estimate of drug-likeness (QED) is 0.801. The van der Waals surface area contributed by atoms with Crippen molar-refractivity contribution in [1.82, 2.24) is 0 Å². The standard InChI is InChI=1S/C21H28N2O/c1-3-18-4-6-19(7-5-18)16-22-12-14-23(15-13-22)17-20-8-10-21(24-2)11-9-20/h4-11H,3,12-17H2,1-2H3/p+2. The average molecular weight is 326 g/mol. The van der Waals surface area contributed by atoms with Gasteiger partial charge in [0.2, 0.25) is 0 Å². The first kappa shape index (κ1) is 17.0. The van der Waals surface area contributed by atoms with E-state index in [1.807, 2.05) is 0 Å². The highest BCUT2D eigenvalue weighted by Crippen LogP contribution is 2.10. The Hall–Kier alpha value is -1.84. The number of ether oxygens (including phenoxy) is 1. The van der Waals surface area contributed by atoms with Gasteiger partial charge in [-0.1, -0.05) is 31.2 Å². The molecule has 1 saturated heterocycles. The van der Waals surface area contributed by atoms with Gasteiger partial charge in [0.1, 0.15) is 45.0 Å². The second-order valence-corrected chi connectivity index (χ2v) is 6.87. The maximum absolute atomic E-state index is 5.23. The SMILES string of the molecule is CCc1ccc(C[NH+]2CC[NH+](Cc3ccc(OC)cc3)CC2)cc1. The summed E-state index contributed by atoms with van der Waals surface area (Å²) >= 11 is 0. The molecule has 0 aliphatic carbocycles. The molecule has 0 amide bonds. The summed E-state index contributed by atoms with van der Waals surface area (Å²) in [7, 11) is 1.72. The van der Waals surface area contributed by atoms with Crippen LogP contribution >= 0.6 is 0 Å². The van der Waals surface area contributed by atoms with Crippen molar-refractivity contribution in [2.24, 2.45) is 0 Å². The molecule has 2 aromatic carbocycles. The van der Waals surface area contributed by atoms with Gasteiger partial charge < -0.3 is 14.5 Å². The van der Waals surface area contributed by atoms with Crippen LogP contribution in [0.4, 0.5) is 0 Å². The van der Waals surface area contributed by atoms with Crippen LogP contribution < -0.4 is 14.5 Å². The van der Waals surface area contributed by atoms with Crippen LogP contribution in [0.1, 0.15) is 23.6 Å². The molecule has 2 N–H and O–H groups in total. The van der Waals surface area contributed by atoms with Gasteiger partial charge in [0.25, 0.3) is 0 Å². The highest BCUT2D eigenvalue weighted by molar-refractivity contribution is 5.26. The van der Waals surface area contributed by atoms with Crippen LogP contribution in [-0.2, 0) is 19.5 Å². The highest BCUT2D eigenvalue weighted by Gasteiger charge is 2.23. The first-order valence-electron chi connectivity index (χ1n) is 9.14. The van der Waals surface area contributed by atoms with Crippen molar-refractivity contribution in [2.45, 2.75) is 26.4 Å². The molecule has 1 heterocycles. The van der Waals surface area contributed by atoms with Gasteiger partial charge >= 0.3 is 0 Å². The molecule has 24 heavy (non-hydrogen) atoms. The predicted molar refractivity (Wildman–Crippen MR) is 97.6 cm³/mol. The lowest BCUT2D eigenvalue weighted by Gasteiger charge is -2.29. The molecule has 0 saturated carbocycles. The van der Waals surface area contributed by atoms with Crippen LogP contribution in [0, 0.1) is 0 Å².